The van der Waals surface area contributed by atoms with E-state index in [-0.39, 0.29) is 5.69 Å². The van der Waals surface area contributed by atoms with Crippen LogP contribution in [0.4, 0.5) is 5.69 Å². The van der Waals surface area contributed by atoms with Crippen molar-refractivity contribution in [3.05, 3.63) is 58.3 Å². The van der Waals surface area contributed by atoms with Crippen LogP contribution in [-0.4, -0.2) is 23.5 Å². The number of nitrogens with one attached hydrogen (secondary N) is 1. The van der Waals surface area contributed by atoms with Crippen LogP contribution in [-0.2, 0) is 9.53 Å². The Balaban J connectivity index is 1.61. The molecule has 1 amide bonds. The van der Waals surface area contributed by atoms with Crippen LogP contribution >= 0.6 is 22.9 Å². The van der Waals surface area contributed by atoms with Gasteiger partial charge in [0.25, 0.3) is 5.91 Å². The molecule has 6 nitrogen and oxygen atoms in total. The number of para-hydroxylation sites is 1. The molecule has 1 aromatic carbocycles. The van der Waals surface area contributed by atoms with Gasteiger partial charge >= 0.3 is 5.97 Å². The zero-order chi connectivity index (χ0) is 17.8. The lowest BCUT2D eigenvalue weighted by Gasteiger charge is -2.07. The third-order valence-electron chi connectivity index (χ3n) is 3.20. The van der Waals surface area contributed by atoms with Crippen LogP contribution in [0.5, 0.6) is 0 Å². The second-order valence-corrected chi connectivity index (χ2v) is 6.62. The third kappa shape index (κ3) is 4.07. The predicted molar refractivity (Wildman–Crippen MR) is 94.9 cm³/mol. The Morgan fingerprint density at radius 1 is 1.28 bits per heavy atom. The monoisotopic (exact) mass is 376 g/mol. The highest BCUT2D eigenvalue weighted by Gasteiger charge is 2.20. The highest BCUT2D eigenvalue weighted by atomic mass is 35.5. The van der Waals surface area contributed by atoms with Crippen LogP contribution in [0.3, 0.4) is 0 Å². The first-order valence-electron chi connectivity index (χ1n) is 7.27. The molecule has 0 saturated carbocycles. The molecule has 0 aliphatic carbocycles. The van der Waals surface area contributed by atoms with Crippen molar-refractivity contribution in [1.82, 2.24) is 4.98 Å². The number of carbonyl (C=O) groups excluding carboxylic acids is 2. The van der Waals surface area contributed by atoms with Gasteiger partial charge < -0.3 is 14.5 Å². The van der Waals surface area contributed by atoms with Crippen molar-refractivity contribution in [3.8, 4) is 10.8 Å². The number of rotatable bonds is 5. The van der Waals surface area contributed by atoms with Crippen molar-refractivity contribution in [2.75, 3.05) is 11.9 Å². The van der Waals surface area contributed by atoms with Crippen LogP contribution in [0.25, 0.3) is 10.8 Å². The number of thiazole rings is 1. The minimum atomic E-state index is -0.666. The van der Waals surface area contributed by atoms with E-state index in [2.05, 4.69) is 10.3 Å². The maximum absolute atomic E-state index is 12.2. The minimum Gasteiger partial charge on any atom is -0.462 e. The van der Waals surface area contributed by atoms with E-state index in [9.17, 15) is 9.59 Å². The standard InChI is InChI=1S/C17H13ClN2O4S/c1-10-15(20-16(25-10)13-7-4-8-23-13)17(22)24-9-14(21)19-12-6-3-2-5-11(12)18/h2-8H,9H2,1H3,(H,19,21). The van der Waals surface area contributed by atoms with Crippen molar-refractivity contribution in [2.45, 2.75) is 6.92 Å². The van der Waals surface area contributed by atoms with Crippen molar-refractivity contribution < 1.29 is 18.7 Å². The number of halogens is 1. The molecule has 0 unspecified atom stereocenters. The van der Waals surface area contributed by atoms with Crippen molar-refractivity contribution in [1.29, 1.82) is 0 Å². The summed E-state index contributed by atoms with van der Waals surface area (Å²) in [5.74, 6) is -0.579. The van der Waals surface area contributed by atoms with Crippen molar-refractivity contribution >= 4 is 40.5 Å². The number of esters is 1. The molecule has 128 valence electrons. The predicted octanol–water partition coefficient (Wildman–Crippen LogP) is 4.16. The smallest absolute Gasteiger partial charge is 0.358 e. The van der Waals surface area contributed by atoms with Gasteiger partial charge in [-0.25, -0.2) is 9.78 Å². The normalized spacial score (nSPS) is 10.5. The summed E-state index contributed by atoms with van der Waals surface area (Å²) < 4.78 is 10.3. The Morgan fingerprint density at radius 2 is 2.08 bits per heavy atom. The van der Waals surface area contributed by atoms with Crippen LogP contribution in [0.15, 0.2) is 47.1 Å². The number of furan rings is 1. The summed E-state index contributed by atoms with van der Waals surface area (Å²) in [6, 6.07) is 10.3. The fourth-order valence-electron chi connectivity index (χ4n) is 2.04. The summed E-state index contributed by atoms with van der Waals surface area (Å²) in [4.78, 5) is 29.0. The molecule has 0 aliphatic heterocycles. The average molecular weight is 377 g/mol. The van der Waals surface area contributed by atoms with E-state index in [0.29, 0.717) is 26.4 Å². The van der Waals surface area contributed by atoms with Gasteiger partial charge in [-0.3, -0.25) is 4.79 Å². The van der Waals surface area contributed by atoms with Crippen LogP contribution in [0.2, 0.25) is 5.02 Å². The van der Waals surface area contributed by atoms with E-state index in [1.165, 1.54) is 17.6 Å². The zero-order valence-corrected chi connectivity index (χ0v) is 14.7. The number of aromatic nitrogens is 1. The lowest BCUT2D eigenvalue weighted by atomic mass is 10.3. The second kappa shape index (κ2) is 7.50. The van der Waals surface area contributed by atoms with Gasteiger partial charge in [0.15, 0.2) is 23.1 Å². The summed E-state index contributed by atoms with van der Waals surface area (Å²) in [7, 11) is 0. The Hall–Kier alpha value is -2.64. The van der Waals surface area contributed by atoms with Gasteiger partial charge in [-0.15, -0.1) is 11.3 Å². The summed E-state index contributed by atoms with van der Waals surface area (Å²) in [6.45, 7) is 1.32. The number of carbonyl (C=O) groups is 2. The lowest BCUT2D eigenvalue weighted by molar-refractivity contribution is -0.119. The quantitative estimate of drug-likeness (QED) is 0.676. The number of ether oxygens (including phenoxy) is 1. The molecule has 0 aliphatic rings. The number of hydrogen-bond acceptors (Lipinski definition) is 6. The molecular weight excluding hydrogens is 364 g/mol. The maximum atomic E-state index is 12.2. The van der Waals surface area contributed by atoms with E-state index < -0.39 is 18.5 Å². The number of benzene rings is 1. The average Bonchev–Trinajstić information content (AvgIpc) is 3.24. The number of amides is 1. The Labute approximate surface area is 152 Å². The molecule has 0 bridgehead atoms. The number of hydrogen-bond donors (Lipinski definition) is 1. The summed E-state index contributed by atoms with van der Waals surface area (Å²) >= 11 is 7.27. The molecular formula is C17H13ClN2O4S. The van der Waals surface area contributed by atoms with Gasteiger partial charge in [0.05, 0.1) is 17.0 Å². The van der Waals surface area contributed by atoms with Gasteiger partial charge in [-0.05, 0) is 31.2 Å². The number of nitrogens with zero attached hydrogens (tertiary/aromatic N) is 1. The molecule has 0 fully saturated rings. The van der Waals surface area contributed by atoms with Gasteiger partial charge in [-0.2, -0.15) is 0 Å². The molecule has 0 radical (unpaired) electrons. The Bertz CT molecular complexity index is 905. The fraction of sp³-hybridized carbons (Fsp3) is 0.118. The molecule has 3 aromatic rings. The molecule has 0 spiro atoms. The summed E-state index contributed by atoms with van der Waals surface area (Å²) in [5.41, 5.74) is 0.622. The number of anilines is 1. The molecule has 1 N–H and O–H groups in total. The van der Waals surface area contributed by atoms with Crippen LogP contribution < -0.4 is 5.32 Å². The van der Waals surface area contributed by atoms with E-state index in [0.717, 1.165) is 0 Å². The van der Waals surface area contributed by atoms with Gasteiger partial charge in [0.2, 0.25) is 0 Å². The van der Waals surface area contributed by atoms with Gasteiger partial charge in [-0.1, -0.05) is 23.7 Å². The highest BCUT2D eigenvalue weighted by Crippen LogP contribution is 2.28. The van der Waals surface area contributed by atoms with Crippen molar-refractivity contribution in [3.63, 3.8) is 0 Å². The molecule has 2 aromatic heterocycles. The summed E-state index contributed by atoms with van der Waals surface area (Å²) in [5, 5.41) is 3.56. The maximum Gasteiger partial charge on any atom is 0.358 e. The van der Waals surface area contributed by atoms with Gasteiger partial charge in [0, 0.05) is 4.88 Å². The van der Waals surface area contributed by atoms with E-state index in [4.69, 9.17) is 20.8 Å². The van der Waals surface area contributed by atoms with Gasteiger partial charge in [0.1, 0.15) is 0 Å². The van der Waals surface area contributed by atoms with Crippen LogP contribution in [0.1, 0.15) is 15.4 Å². The SMILES string of the molecule is Cc1sc(-c2ccco2)nc1C(=O)OCC(=O)Nc1ccccc1Cl. The molecule has 0 atom stereocenters. The second-order valence-electron chi connectivity index (χ2n) is 5.01. The fourth-order valence-corrected chi connectivity index (χ4v) is 3.09. The molecule has 0 saturated heterocycles. The highest BCUT2D eigenvalue weighted by molar-refractivity contribution is 7.15. The van der Waals surface area contributed by atoms with E-state index in [1.54, 1.807) is 43.3 Å². The van der Waals surface area contributed by atoms with E-state index in [1.807, 2.05) is 0 Å². The molecule has 8 heteroatoms. The first-order chi connectivity index (χ1) is 12.0. The summed E-state index contributed by atoms with van der Waals surface area (Å²) in [6.07, 6.45) is 1.53. The lowest BCUT2D eigenvalue weighted by Crippen LogP contribution is -2.21. The zero-order valence-electron chi connectivity index (χ0n) is 13.1. The largest absolute Gasteiger partial charge is 0.462 e. The first-order valence-corrected chi connectivity index (χ1v) is 8.47. The number of aryl methyl sites for hydroxylation is 1. The topological polar surface area (TPSA) is 81.4 Å². The minimum absolute atomic E-state index is 0.168. The Kier molecular flexibility index (Phi) is 5.16. The molecule has 3 rings (SSSR count). The van der Waals surface area contributed by atoms with Crippen molar-refractivity contribution in [2.24, 2.45) is 0 Å². The molecule has 2 heterocycles. The first kappa shape index (κ1) is 17.2. The molecule has 25 heavy (non-hydrogen) atoms. The van der Waals surface area contributed by atoms with E-state index >= 15 is 0 Å². The Morgan fingerprint density at radius 3 is 2.80 bits per heavy atom. The van der Waals surface area contributed by atoms with Crippen LogP contribution in [0, 0.1) is 6.92 Å². The third-order valence-corrected chi connectivity index (χ3v) is 4.52.